The van der Waals surface area contributed by atoms with Crippen LogP contribution in [-0.4, -0.2) is 63.1 Å². The number of ether oxygens (including phenoxy) is 3. The molecule has 0 aliphatic carbocycles. The van der Waals surface area contributed by atoms with Crippen molar-refractivity contribution < 1.29 is 27.4 Å². The van der Waals surface area contributed by atoms with E-state index in [0.29, 0.717) is 53.5 Å². The minimum absolute atomic E-state index is 0.0266. The topological polar surface area (TPSA) is 158 Å². The number of primary amides is 1. The fraction of sp³-hybridized carbons (Fsp3) is 0.206. The number of nitrogens with zero attached hydrogens (tertiary/aromatic N) is 3. The molecule has 1 aliphatic rings. The van der Waals surface area contributed by atoms with Crippen molar-refractivity contribution in [2.45, 2.75) is 17.0 Å². The van der Waals surface area contributed by atoms with Crippen molar-refractivity contribution in [2.24, 2.45) is 5.73 Å². The van der Waals surface area contributed by atoms with Crippen LogP contribution in [0.2, 0.25) is 0 Å². The summed E-state index contributed by atoms with van der Waals surface area (Å²) < 4.78 is 47.2. The number of methoxy groups -OCH3 is 2. The number of carbonyl (C=O) groups is 1. The second-order valence-corrected chi connectivity index (χ2v) is 12.6. The molecule has 1 amide bonds. The first-order valence-corrected chi connectivity index (χ1v) is 16.3. The quantitative estimate of drug-likeness (QED) is 0.181. The number of benzene rings is 4. The number of carbonyl (C=O) groups excluding carboxylic acids is 1. The van der Waals surface area contributed by atoms with Crippen molar-refractivity contribution >= 4 is 44.3 Å². The molecule has 5 aromatic rings. The zero-order chi connectivity index (χ0) is 33.0. The molecule has 2 heterocycles. The number of morpholine rings is 1. The third-order valence-electron chi connectivity index (χ3n) is 7.80. The van der Waals surface area contributed by atoms with Gasteiger partial charge in [-0.3, -0.25) is 14.4 Å². The third kappa shape index (κ3) is 7.12. The third-order valence-corrected chi connectivity index (χ3v) is 9.14. The Bertz CT molecular complexity index is 1990. The maximum Gasteiger partial charge on any atom is 0.263 e. The summed E-state index contributed by atoms with van der Waals surface area (Å²) in [5.74, 6) is 0.592. The van der Waals surface area contributed by atoms with Crippen molar-refractivity contribution in [3.05, 3.63) is 108 Å². The summed E-state index contributed by atoms with van der Waals surface area (Å²) in [6, 6.07) is 27.3. The predicted octanol–water partition coefficient (Wildman–Crippen LogP) is 4.79. The van der Waals surface area contributed by atoms with Gasteiger partial charge in [0.1, 0.15) is 17.5 Å². The Morgan fingerprint density at radius 3 is 2.21 bits per heavy atom. The van der Waals surface area contributed by atoms with Gasteiger partial charge in [-0.15, -0.1) is 0 Å². The number of para-hydroxylation sites is 2. The standard InChI is InChI=1S/C34H34N6O6S/c1-44-25-18-24(19-26(20-25)45-2)36-33-34(38-29-14-7-6-13-28(29)37-33)39-47(42,43)27-12-8-11-23(17-27)31(32(35)41)40-15-16-46-30(21-40)22-9-4-3-5-10-22/h3-14,17-20,30-31H,15-16,21H2,1-2H3,(H2,35,41)(H,36,37)(H,38,39). The maximum absolute atomic E-state index is 13.9. The molecular weight excluding hydrogens is 620 g/mol. The molecule has 1 aromatic heterocycles. The Morgan fingerprint density at radius 2 is 1.55 bits per heavy atom. The summed E-state index contributed by atoms with van der Waals surface area (Å²) in [4.78, 5) is 24.0. The van der Waals surface area contributed by atoms with Gasteiger partial charge in [-0.25, -0.2) is 18.4 Å². The lowest BCUT2D eigenvalue weighted by Gasteiger charge is -2.37. The number of fused-ring (bicyclic) bond motifs is 1. The van der Waals surface area contributed by atoms with E-state index < -0.39 is 22.0 Å². The summed E-state index contributed by atoms with van der Waals surface area (Å²) in [7, 11) is -1.16. The van der Waals surface area contributed by atoms with E-state index in [1.54, 1.807) is 48.5 Å². The summed E-state index contributed by atoms with van der Waals surface area (Å²) in [5, 5.41) is 3.15. The fourth-order valence-corrected chi connectivity index (χ4v) is 6.60. The highest BCUT2D eigenvalue weighted by Gasteiger charge is 2.32. The largest absolute Gasteiger partial charge is 0.497 e. The van der Waals surface area contributed by atoms with E-state index in [-0.39, 0.29) is 22.6 Å². The Balaban J connectivity index is 1.32. The zero-order valence-corrected chi connectivity index (χ0v) is 26.6. The highest BCUT2D eigenvalue weighted by Crippen LogP contribution is 2.33. The Labute approximate surface area is 272 Å². The van der Waals surface area contributed by atoms with E-state index in [2.05, 4.69) is 20.0 Å². The van der Waals surface area contributed by atoms with E-state index in [9.17, 15) is 13.2 Å². The molecule has 0 spiro atoms. The molecule has 47 heavy (non-hydrogen) atoms. The van der Waals surface area contributed by atoms with Gasteiger partial charge in [0.15, 0.2) is 11.6 Å². The number of hydrogen-bond acceptors (Lipinski definition) is 10. The van der Waals surface area contributed by atoms with E-state index in [4.69, 9.17) is 19.9 Å². The number of nitrogens with two attached hydrogens (primary N) is 1. The molecular formula is C34H34N6O6S. The van der Waals surface area contributed by atoms with Gasteiger partial charge in [-0.2, -0.15) is 0 Å². The Morgan fingerprint density at radius 1 is 0.894 bits per heavy atom. The molecule has 242 valence electrons. The lowest BCUT2D eigenvalue weighted by Crippen LogP contribution is -2.45. The van der Waals surface area contributed by atoms with Gasteiger partial charge in [0.25, 0.3) is 10.0 Å². The summed E-state index contributed by atoms with van der Waals surface area (Å²) in [5.41, 5.74) is 8.93. The number of anilines is 3. The molecule has 0 radical (unpaired) electrons. The highest BCUT2D eigenvalue weighted by molar-refractivity contribution is 7.92. The first-order valence-electron chi connectivity index (χ1n) is 14.8. The summed E-state index contributed by atoms with van der Waals surface area (Å²) in [6.45, 7) is 1.24. The maximum atomic E-state index is 13.9. The molecule has 0 bridgehead atoms. The van der Waals surface area contributed by atoms with Crippen molar-refractivity contribution in [1.29, 1.82) is 0 Å². The Kier molecular flexibility index (Phi) is 9.20. The van der Waals surface area contributed by atoms with Crippen LogP contribution in [-0.2, 0) is 19.6 Å². The van der Waals surface area contributed by atoms with Crippen LogP contribution in [0, 0.1) is 0 Å². The fourth-order valence-electron chi connectivity index (χ4n) is 5.54. The van der Waals surface area contributed by atoms with Gasteiger partial charge >= 0.3 is 0 Å². The van der Waals surface area contributed by atoms with Crippen molar-refractivity contribution in [3.8, 4) is 11.5 Å². The lowest BCUT2D eigenvalue weighted by atomic mass is 10.0. The van der Waals surface area contributed by atoms with E-state index in [1.807, 2.05) is 41.3 Å². The molecule has 1 fully saturated rings. The zero-order valence-electron chi connectivity index (χ0n) is 25.8. The first-order chi connectivity index (χ1) is 22.7. The lowest BCUT2D eigenvalue weighted by molar-refractivity contribution is -0.127. The second kappa shape index (κ2) is 13.6. The van der Waals surface area contributed by atoms with Gasteiger partial charge < -0.3 is 25.3 Å². The van der Waals surface area contributed by atoms with Crippen LogP contribution in [0.25, 0.3) is 11.0 Å². The van der Waals surface area contributed by atoms with E-state index in [0.717, 1.165) is 5.56 Å². The van der Waals surface area contributed by atoms with Crippen molar-refractivity contribution in [3.63, 3.8) is 0 Å². The monoisotopic (exact) mass is 654 g/mol. The molecule has 1 aliphatic heterocycles. The molecule has 6 rings (SSSR count). The van der Waals surface area contributed by atoms with Crippen LogP contribution in [0.5, 0.6) is 11.5 Å². The second-order valence-electron chi connectivity index (χ2n) is 10.9. The number of aromatic nitrogens is 2. The molecule has 2 atom stereocenters. The first kappa shape index (κ1) is 31.7. The minimum atomic E-state index is -4.23. The van der Waals surface area contributed by atoms with Crippen LogP contribution >= 0.6 is 0 Å². The van der Waals surface area contributed by atoms with Gasteiger partial charge in [0.05, 0.1) is 42.9 Å². The number of rotatable bonds is 11. The van der Waals surface area contributed by atoms with E-state index >= 15 is 0 Å². The number of nitrogens with one attached hydrogen (secondary N) is 2. The SMILES string of the molecule is COc1cc(Nc2nc3ccccc3nc2NS(=O)(=O)c2cccc(C(C(N)=O)N3CCOC(c4ccccc4)C3)c2)cc(OC)c1. The number of sulfonamides is 1. The van der Waals surface area contributed by atoms with E-state index in [1.165, 1.54) is 26.4 Å². The van der Waals surface area contributed by atoms with Crippen LogP contribution in [0.15, 0.2) is 102 Å². The molecule has 13 heteroatoms. The van der Waals surface area contributed by atoms with Crippen LogP contribution in [0.1, 0.15) is 23.3 Å². The van der Waals surface area contributed by atoms with Crippen molar-refractivity contribution in [1.82, 2.24) is 14.9 Å². The van der Waals surface area contributed by atoms with Gasteiger partial charge in [-0.1, -0.05) is 54.6 Å². The predicted molar refractivity (Wildman–Crippen MR) is 178 cm³/mol. The Hall–Kier alpha value is -5.24. The van der Waals surface area contributed by atoms with Crippen LogP contribution in [0.3, 0.4) is 0 Å². The molecule has 1 saturated heterocycles. The van der Waals surface area contributed by atoms with Gasteiger partial charge in [0.2, 0.25) is 5.91 Å². The smallest absolute Gasteiger partial charge is 0.263 e. The molecule has 4 aromatic carbocycles. The van der Waals surface area contributed by atoms with Crippen molar-refractivity contribution in [2.75, 3.05) is 44.0 Å². The molecule has 0 saturated carbocycles. The molecule has 12 nitrogen and oxygen atoms in total. The van der Waals surface area contributed by atoms with Crippen LogP contribution in [0.4, 0.5) is 17.3 Å². The molecule has 4 N–H and O–H groups in total. The average Bonchev–Trinajstić information content (AvgIpc) is 3.09. The minimum Gasteiger partial charge on any atom is -0.497 e. The highest BCUT2D eigenvalue weighted by atomic mass is 32.2. The molecule has 2 unspecified atom stereocenters. The summed E-state index contributed by atoms with van der Waals surface area (Å²) in [6.07, 6.45) is -0.262. The van der Waals surface area contributed by atoms with Gasteiger partial charge in [-0.05, 0) is 35.4 Å². The number of hydrogen-bond donors (Lipinski definition) is 3. The average molecular weight is 655 g/mol. The van der Waals surface area contributed by atoms with Gasteiger partial charge in [0, 0.05) is 37.0 Å². The summed E-state index contributed by atoms with van der Waals surface area (Å²) >= 11 is 0. The number of amides is 1. The van der Waals surface area contributed by atoms with Crippen LogP contribution < -0.4 is 25.2 Å². The normalized spacial score (nSPS) is 15.9.